The van der Waals surface area contributed by atoms with Gasteiger partial charge in [0.05, 0.1) is 5.71 Å². The number of amides is 1. The Labute approximate surface area is 153 Å². The predicted octanol–water partition coefficient (Wildman–Crippen LogP) is -0.901. The molecule has 0 aliphatic carbocycles. The number of aryl methyl sites for hydroxylation is 1. The van der Waals surface area contributed by atoms with Gasteiger partial charge in [-0.25, -0.2) is 19.8 Å². The minimum Gasteiger partial charge on any atom is -0.508 e. The van der Waals surface area contributed by atoms with Crippen molar-refractivity contribution in [3.05, 3.63) is 57.0 Å². The lowest BCUT2D eigenvalue weighted by molar-refractivity contribution is -0.659. The molecule has 3 rings (SSSR count). The highest BCUT2D eigenvalue weighted by molar-refractivity contribution is 5.99. The van der Waals surface area contributed by atoms with Crippen LogP contribution in [0.2, 0.25) is 0 Å². The number of aromatic amines is 1. The molecule has 0 fully saturated rings. The van der Waals surface area contributed by atoms with Gasteiger partial charge in [-0.15, -0.1) is 0 Å². The van der Waals surface area contributed by atoms with E-state index in [4.69, 9.17) is 0 Å². The van der Waals surface area contributed by atoms with E-state index < -0.39 is 17.2 Å². The average Bonchev–Trinajstić information content (AvgIpc) is 3.07. The second kappa shape index (κ2) is 6.90. The summed E-state index contributed by atoms with van der Waals surface area (Å²) in [7, 11) is 2.92. The molecule has 0 aliphatic rings. The largest absolute Gasteiger partial charge is 0.508 e. The van der Waals surface area contributed by atoms with E-state index in [1.54, 1.807) is 19.1 Å². The Morgan fingerprint density at radius 2 is 1.89 bits per heavy atom. The number of hydrogen-bond acceptors (Lipinski definition) is 5. The molecule has 0 saturated carbocycles. The highest BCUT2D eigenvalue weighted by atomic mass is 16.3. The normalized spacial score (nSPS) is 11.7. The molecule has 3 aromatic rings. The summed E-state index contributed by atoms with van der Waals surface area (Å²) in [6.45, 7) is 1.57. The first kappa shape index (κ1) is 18.1. The van der Waals surface area contributed by atoms with Crippen molar-refractivity contribution in [1.82, 2.24) is 19.5 Å². The van der Waals surface area contributed by atoms with Crippen molar-refractivity contribution in [1.29, 1.82) is 0 Å². The summed E-state index contributed by atoms with van der Waals surface area (Å²) < 4.78 is 3.72. The number of nitrogens with zero attached hydrogens (tertiary/aromatic N) is 4. The van der Waals surface area contributed by atoms with Gasteiger partial charge in [-0.1, -0.05) is 0 Å². The molecule has 10 heteroatoms. The van der Waals surface area contributed by atoms with Crippen LogP contribution in [0, 0.1) is 0 Å². The molecule has 0 atom stereocenters. The van der Waals surface area contributed by atoms with E-state index in [1.807, 2.05) is 0 Å². The van der Waals surface area contributed by atoms with Crippen LogP contribution in [0.4, 0.5) is 0 Å². The number of phenolic OH excluding ortho intramolecular Hbond substituents is 1. The third-order valence-electron chi connectivity index (χ3n) is 4.23. The van der Waals surface area contributed by atoms with Crippen LogP contribution in [-0.4, -0.2) is 30.8 Å². The summed E-state index contributed by atoms with van der Waals surface area (Å²) in [5.41, 5.74) is 3.34. The van der Waals surface area contributed by atoms with Gasteiger partial charge in [-0.3, -0.25) is 18.7 Å². The number of phenols is 1. The summed E-state index contributed by atoms with van der Waals surface area (Å²) >= 11 is 0. The maximum absolute atomic E-state index is 12.4. The third-order valence-corrected chi connectivity index (χ3v) is 4.23. The van der Waals surface area contributed by atoms with E-state index in [2.05, 4.69) is 15.5 Å². The van der Waals surface area contributed by atoms with Crippen LogP contribution in [-0.2, 0) is 25.4 Å². The van der Waals surface area contributed by atoms with Gasteiger partial charge in [0.15, 0.2) is 6.54 Å². The maximum Gasteiger partial charge on any atom is 0.333 e. The second-order valence-corrected chi connectivity index (χ2v) is 6.08. The van der Waals surface area contributed by atoms with Crippen molar-refractivity contribution in [3.63, 3.8) is 0 Å². The Morgan fingerprint density at radius 3 is 2.56 bits per heavy atom. The van der Waals surface area contributed by atoms with Crippen LogP contribution in [0.25, 0.3) is 11.2 Å². The lowest BCUT2D eigenvalue weighted by Crippen LogP contribution is -2.46. The smallest absolute Gasteiger partial charge is 0.333 e. The van der Waals surface area contributed by atoms with Crippen LogP contribution < -0.4 is 21.2 Å². The number of hydrogen-bond donors (Lipinski definition) is 3. The van der Waals surface area contributed by atoms with Gasteiger partial charge < -0.3 is 5.11 Å². The summed E-state index contributed by atoms with van der Waals surface area (Å²) in [5.74, 6) is -0.294. The number of H-pyrrole nitrogens is 1. The molecule has 27 heavy (non-hydrogen) atoms. The molecule has 10 nitrogen and oxygen atoms in total. The minimum absolute atomic E-state index is 0.141. The number of aromatic hydroxyl groups is 1. The first-order chi connectivity index (χ1) is 12.8. The second-order valence-electron chi connectivity index (χ2n) is 6.08. The number of aromatic nitrogens is 4. The number of fused-ring (bicyclic) bond motifs is 1. The molecule has 2 heterocycles. The molecule has 3 N–H and O–H groups in total. The van der Waals surface area contributed by atoms with Gasteiger partial charge in [0.25, 0.3) is 17.1 Å². The number of carbonyl (C=O) groups excluding carboxylic acids is 1. The lowest BCUT2D eigenvalue weighted by Gasteiger charge is -2.03. The topological polar surface area (TPSA) is 125 Å². The molecule has 1 amide bonds. The monoisotopic (exact) mass is 371 g/mol. The number of nitrogens with one attached hydrogen (secondary N) is 2. The van der Waals surface area contributed by atoms with Crippen LogP contribution in [0.3, 0.4) is 0 Å². The van der Waals surface area contributed by atoms with E-state index in [0.29, 0.717) is 11.4 Å². The minimum atomic E-state index is -0.495. The zero-order valence-electron chi connectivity index (χ0n) is 15.1. The molecular weight excluding hydrogens is 352 g/mol. The van der Waals surface area contributed by atoms with Crippen molar-refractivity contribution in [3.8, 4) is 5.75 Å². The SMILES string of the molecule is C/C(=N\NC(=O)C[n+]1c[nH]c2c1c(=O)n(C)c(=O)n2C)c1ccc(O)cc1. The standard InChI is InChI=1S/C17H18N6O4/c1-10(11-4-6-12(24)7-5-11)19-20-13(25)8-23-9-18-15-14(23)16(26)22(3)17(27)21(15)2/h4-7,9H,8H2,1-3H3,(H2,19,20,24,25)/p+1. The molecule has 0 spiro atoms. The van der Waals surface area contributed by atoms with Crippen molar-refractivity contribution < 1.29 is 14.5 Å². The summed E-state index contributed by atoms with van der Waals surface area (Å²) in [6, 6.07) is 6.41. The Morgan fingerprint density at radius 1 is 1.22 bits per heavy atom. The van der Waals surface area contributed by atoms with Crippen LogP contribution in [0.1, 0.15) is 12.5 Å². The summed E-state index contributed by atoms with van der Waals surface area (Å²) in [4.78, 5) is 39.4. The number of carbonyl (C=O) groups is 1. The number of hydrazone groups is 1. The molecule has 2 aromatic heterocycles. The van der Waals surface area contributed by atoms with Gasteiger partial charge >= 0.3 is 11.2 Å². The highest BCUT2D eigenvalue weighted by Gasteiger charge is 2.21. The first-order valence-electron chi connectivity index (χ1n) is 8.08. The van der Waals surface area contributed by atoms with E-state index in [9.17, 15) is 19.5 Å². The summed E-state index contributed by atoms with van der Waals surface area (Å²) in [6.07, 6.45) is 1.46. The van der Waals surface area contributed by atoms with Crippen molar-refractivity contribution in [2.45, 2.75) is 13.5 Å². The molecular formula is C17H19N6O4+. The Kier molecular flexibility index (Phi) is 4.63. The first-order valence-corrected chi connectivity index (χ1v) is 8.08. The van der Waals surface area contributed by atoms with Crippen molar-refractivity contribution >= 4 is 22.8 Å². The Balaban J connectivity index is 1.83. The van der Waals surface area contributed by atoms with E-state index in [-0.39, 0.29) is 17.8 Å². The molecule has 0 bridgehead atoms. The third kappa shape index (κ3) is 3.36. The average molecular weight is 371 g/mol. The fraction of sp³-hybridized carbons (Fsp3) is 0.235. The van der Waals surface area contributed by atoms with Gasteiger partial charge in [0, 0.05) is 14.1 Å². The molecule has 0 saturated heterocycles. The molecule has 1 aromatic carbocycles. The number of rotatable bonds is 4. The van der Waals surface area contributed by atoms with E-state index >= 15 is 0 Å². The molecule has 140 valence electrons. The van der Waals surface area contributed by atoms with Crippen molar-refractivity contribution in [2.75, 3.05) is 0 Å². The number of imidazole rings is 1. The van der Waals surface area contributed by atoms with Gasteiger partial charge in [-0.05, 0) is 36.8 Å². The van der Waals surface area contributed by atoms with Crippen LogP contribution >= 0.6 is 0 Å². The summed E-state index contributed by atoms with van der Waals surface area (Å²) in [5, 5.41) is 13.3. The Bertz CT molecular complexity index is 1170. The highest BCUT2D eigenvalue weighted by Crippen LogP contribution is 2.10. The van der Waals surface area contributed by atoms with Gasteiger partial charge in [-0.2, -0.15) is 5.10 Å². The molecule has 0 aliphatic heterocycles. The van der Waals surface area contributed by atoms with E-state index in [1.165, 1.54) is 41.7 Å². The zero-order valence-corrected chi connectivity index (χ0v) is 15.1. The van der Waals surface area contributed by atoms with Crippen LogP contribution in [0.5, 0.6) is 5.75 Å². The lowest BCUT2D eigenvalue weighted by atomic mass is 10.1. The number of benzene rings is 1. The fourth-order valence-electron chi connectivity index (χ4n) is 2.68. The molecule has 0 radical (unpaired) electrons. The fourth-order valence-corrected chi connectivity index (χ4v) is 2.68. The van der Waals surface area contributed by atoms with Gasteiger partial charge in [0.2, 0.25) is 6.33 Å². The Hall–Kier alpha value is -3.69. The molecule has 0 unspecified atom stereocenters. The van der Waals surface area contributed by atoms with Crippen LogP contribution in [0.15, 0.2) is 45.3 Å². The quantitative estimate of drug-likeness (QED) is 0.312. The van der Waals surface area contributed by atoms with Crippen molar-refractivity contribution in [2.24, 2.45) is 19.2 Å². The predicted molar refractivity (Wildman–Crippen MR) is 97.4 cm³/mol. The maximum atomic E-state index is 12.4. The van der Waals surface area contributed by atoms with E-state index in [0.717, 1.165) is 10.1 Å². The van der Waals surface area contributed by atoms with Gasteiger partial charge in [0.1, 0.15) is 5.75 Å². The zero-order chi connectivity index (χ0) is 19.7.